The van der Waals surface area contributed by atoms with Gasteiger partial charge < -0.3 is 29.0 Å². The SMILES string of the molecule is CC(=O)OC[C@H]1O[C@H](OCc2ccccc2)C[C@H](NC(=O)OCc2ccccc2)[C@@H]1OC(C)=O. The van der Waals surface area contributed by atoms with E-state index in [2.05, 4.69) is 5.32 Å². The van der Waals surface area contributed by atoms with Gasteiger partial charge in [-0.15, -0.1) is 0 Å². The van der Waals surface area contributed by atoms with Crippen LogP contribution >= 0.6 is 0 Å². The van der Waals surface area contributed by atoms with Crippen molar-refractivity contribution >= 4 is 18.0 Å². The predicted octanol–water partition coefficient (Wildman–Crippen LogP) is 3.11. The molecule has 0 aromatic heterocycles. The summed E-state index contributed by atoms with van der Waals surface area (Å²) in [5.41, 5.74) is 1.77. The fraction of sp³-hybridized carbons (Fsp3) is 0.400. The van der Waals surface area contributed by atoms with Crippen molar-refractivity contribution in [2.75, 3.05) is 6.61 Å². The summed E-state index contributed by atoms with van der Waals surface area (Å²) in [6, 6.07) is 18.1. The maximum Gasteiger partial charge on any atom is 0.407 e. The quantitative estimate of drug-likeness (QED) is 0.439. The zero-order valence-corrected chi connectivity index (χ0v) is 19.2. The van der Waals surface area contributed by atoms with Crippen LogP contribution in [0.25, 0.3) is 0 Å². The van der Waals surface area contributed by atoms with E-state index in [0.29, 0.717) is 0 Å². The van der Waals surface area contributed by atoms with E-state index in [1.54, 1.807) is 0 Å². The zero-order valence-electron chi connectivity index (χ0n) is 19.2. The Balaban J connectivity index is 1.69. The summed E-state index contributed by atoms with van der Waals surface area (Å²) in [4.78, 5) is 35.7. The molecule has 0 bridgehead atoms. The Morgan fingerprint density at radius 3 is 2.09 bits per heavy atom. The Bertz CT molecular complexity index is 936. The van der Waals surface area contributed by atoms with Crippen LogP contribution in [0.3, 0.4) is 0 Å². The van der Waals surface area contributed by atoms with E-state index < -0.39 is 42.6 Å². The molecular formula is C25H29NO8. The second-order valence-corrected chi connectivity index (χ2v) is 7.83. The maximum atomic E-state index is 12.5. The van der Waals surface area contributed by atoms with Crippen LogP contribution in [0.1, 0.15) is 31.4 Å². The topological polar surface area (TPSA) is 109 Å². The molecular weight excluding hydrogens is 442 g/mol. The second-order valence-electron chi connectivity index (χ2n) is 7.83. The minimum absolute atomic E-state index is 0.0823. The highest BCUT2D eigenvalue weighted by atomic mass is 16.7. The highest BCUT2D eigenvalue weighted by Gasteiger charge is 2.43. The summed E-state index contributed by atoms with van der Waals surface area (Å²) >= 11 is 0. The van der Waals surface area contributed by atoms with Gasteiger partial charge in [0, 0.05) is 20.3 Å². The number of ether oxygens (including phenoxy) is 5. The van der Waals surface area contributed by atoms with Crippen molar-refractivity contribution < 1.29 is 38.1 Å². The predicted molar refractivity (Wildman–Crippen MR) is 120 cm³/mol. The summed E-state index contributed by atoms with van der Waals surface area (Å²) in [5, 5.41) is 2.75. The van der Waals surface area contributed by atoms with E-state index in [4.69, 9.17) is 23.7 Å². The lowest BCUT2D eigenvalue weighted by molar-refractivity contribution is -0.248. The lowest BCUT2D eigenvalue weighted by Gasteiger charge is -2.40. The fourth-order valence-electron chi connectivity index (χ4n) is 3.54. The molecule has 1 heterocycles. The van der Waals surface area contributed by atoms with Crippen molar-refractivity contribution in [3.63, 3.8) is 0 Å². The van der Waals surface area contributed by atoms with E-state index in [1.807, 2.05) is 60.7 Å². The molecule has 1 N–H and O–H groups in total. The molecule has 9 nitrogen and oxygen atoms in total. The third kappa shape index (κ3) is 8.17. The van der Waals surface area contributed by atoms with Crippen molar-refractivity contribution in [3.8, 4) is 0 Å². The number of esters is 2. The summed E-state index contributed by atoms with van der Waals surface area (Å²) in [5.74, 6) is -1.07. The van der Waals surface area contributed by atoms with Crippen LogP contribution in [0.15, 0.2) is 60.7 Å². The first-order valence-electron chi connectivity index (χ1n) is 11.0. The molecule has 1 aliphatic heterocycles. The monoisotopic (exact) mass is 471 g/mol. The first-order chi connectivity index (χ1) is 16.4. The van der Waals surface area contributed by atoms with Crippen LogP contribution in [0.2, 0.25) is 0 Å². The van der Waals surface area contributed by atoms with Gasteiger partial charge in [-0.3, -0.25) is 9.59 Å². The molecule has 182 valence electrons. The summed E-state index contributed by atoms with van der Waals surface area (Å²) < 4.78 is 27.7. The molecule has 1 fully saturated rings. The molecule has 2 aromatic rings. The van der Waals surface area contributed by atoms with Crippen LogP contribution in [-0.4, -0.2) is 49.2 Å². The Morgan fingerprint density at radius 1 is 0.882 bits per heavy atom. The highest BCUT2D eigenvalue weighted by molar-refractivity contribution is 5.69. The first-order valence-corrected chi connectivity index (χ1v) is 11.0. The molecule has 3 rings (SSSR count). The fourth-order valence-corrected chi connectivity index (χ4v) is 3.54. The summed E-state index contributed by atoms with van der Waals surface area (Å²) in [7, 11) is 0. The number of benzene rings is 2. The van der Waals surface area contributed by atoms with Crippen LogP contribution in [0, 0.1) is 0 Å². The van der Waals surface area contributed by atoms with Crippen LogP contribution in [0.5, 0.6) is 0 Å². The third-order valence-corrected chi connectivity index (χ3v) is 5.08. The van der Waals surface area contributed by atoms with Gasteiger partial charge in [0.15, 0.2) is 12.4 Å². The van der Waals surface area contributed by atoms with E-state index >= 15 is 0 Å². The van der Waals surface area contributed by atoms with Crippen LogP contribution in [0.4, 0.5) is 4.79 Å². The normalized spacial score (nSPS) is 21.8. The number of alkyl carbamates (subject to hydrolysis) is 1. The van der Waals surface area contributed by atoms with E-state index in [1.165, 1.54) is 13.8 Å². The van der Waals surface area contributed by atoms with Crippen molar-refractivity contribution in [1.29, 1.82) is 0 Å². The average Bonchev–Trinajstić information content (AvgIpc) is 2.82. The van der Waals surface area contributed by atoms with Crippen molar-refractivity contribution in [3.05, 3.63) is 71.8 Å². The number of carbonyl (C=O) groups excluding carboxylic acids is 3. The lowest BCUT2D eigenvalue weighted by Crippen LogP contribution is -2.58. The number of rotatable bonds is 9. The molecule has 4 atom stereocenters. The van der Waals surface area contributed by atoms with E-state index in [9.17, 15) is 14.4 Å². The Hall–Kier alpha value is -3.43. The molecule has 0 saturated carbocycles. The van der Waals surface area contributed by atoms with Gasteiger partial charge in [0.2, 0.25) is 0 Å². The Morgan fingerprint density at radius 2 is 1.50 bits per heavy atom. The summed E-state index contributed by atoms with van der Waals surface area (Å²) in [6.07, 6.45) is -2.98. The molecule has 1 aliphatic rings. The Labute approximate surface area is 198 Å². The number of amides is 1. The zero-order chi connectivity index (χ0) is 24.3. The third-order valence-electron chi connectivity index (χ3n) is 5.08. The van der Waals surface area contributed by atoms with Gasteiger partial charge in [0.05, 0.1) is 12.6 Å². The Kier molecular flexibility index (Phi) is 9.42. The first kappa shape index (κ1) is 25.2. The van der Waals surface area contributed by atoms with Crippen molar-refractivity contribution in [2.45, 2.75) is 58.0 Å². The number of carbonyl (C=O) groups is 3. The van der Waals surface area contributed by atoms with Crippen molar-refractivity contribution in [2.24, 2.45) is 0 Å². The lowest BCUT2D eigenvalue weighted by atomic mass is 9.98. The maximum absolute atomic E-state index is 12.5. The van der Waals surface area contributed by atoms with Gasteiger partial charge in [-0.25, -0.2) is 4.79 Å². The molecule has 0 aliphatic carbocycles. The number of nitrogens with one attached hydrogen (secondary N) is 1. The molecule has 0 radical (unpaired) electrons. The molecule has 2 aromatic carbocycles. The van der Waals surface area contributed by atoms with Gasteiger partial charge in [0.25, 0.3) is 0 Å². The molecule has 0 spiro atoms. The van der Waals surface area contributed by atoms with E-state index in [0.717, 1.165) is 11.1 Å². The van der Waals surface area contributed by atoms with E-state index in [-0.39, 0.29) is 26.2 Å². The minimum atomic E-state index is -0.905. The second kappa shape index (κ2) is 12.7. The van der Waals surface area contributed by atoms with Crippen LogP contribution in [-0.2, 0) is 46.5 Å². The largest absolute Gasteiger partial charge is 0.463 e. The molecule has 34 heavy (non-hydrogen) atoms. The molecule has 9 heteroatoms. The molecule has 1 amide bonds. The minimum Gasteiger partial charge on any atom is -0.463 e. The molecule has 0 unspecified atom stereocenters. The molecule has 1 saturated heterocycles. The van der Waals surface area contributed by atoms with Gasteiger partial charge >= 0.3 is 18.0 Å². The standard InChI is InChI=1S/C25H29NO8/c1-17(27)30-16-22-24(33-18(2)28)21(26-25(29)32-15-20-11-7-4-8-12-20)13-23(34-22)31-14-19-9-5-3-6-10-19/h3-12,21-24H,13-16H2,1-2H3,(H,26,29)/t21-,22+,23-,24-/m0/s1. The van der Waals surface area contributed by atoms with Crippen LogP contribution < -0.4 is 5.32 Å². The number of hydrogen-bond acceptors (Lipinski definition) is 8. The van der Waals surface area contributed by atoms with Gasteiger partial charge in [0.1, 0.15) is 19.3 Å². The van der Waals surface area contributed by atoms with Gasteiger partial charge in [-0.2, -0.15) is 0 Å². The average molecular weight is 472 g/mol. The smallest absolute Gasteiger partial charge is 0.407 e. The van der Waals surface area contributed by atoms with Gasteiger partial charge in [-0.1, -0.05) is 60.7 Å². The highest BCUT2D eigenvalue weighted by Crippen LogP contribution is 2.25. The van der Waals surface area contributed by atoms with Crippen molar-refractivity contribution in [1.82, 2.24) is 5.32 Å². The van der Waals surface area contributed by atoms with Gasteiger partial charge in [-0.05, 0) is 11.1 Å². The summed E-state index contributed by atoms with van der Waals surface area (Å²) in [6.45, 7) is 2.71. The number of hydrogen-bond donors (Lipinski definition) is 1.